The van der Waals surface area contributed by atoms with E-state index in [-0.39, 0.29) is 0 Å². The smallest absolute Gasteiger partial charge is 0.0905 e. The molecule has 0 spiro atoms. The van der Waals surface area contributed by atoms with Crippen LogP contribution in [0.5, 0.6) is 0 Å². The summed E-state index contributed by atoms with van der Waals surface area (Å²) in [6, 6.07) is 1.69. The molecule has 0 saturated carbocycles. The Labute approximate surface area is 57.3 Å². The van der Waals surface area contributed by atoms with Gasteiger partial charge in [-0.2, -0.15) is 5.26 Å². The fraction of sp³-hybridized carbons (Fsp3) is 0.375. The Morgan fingerprint density at radius 1 is 1.56 bits per heavy atom. The zero-order valence-electron chi connectivity index (χ0n) is 5.93. The van der Waals surface area contributed by atoms with Crippen molar-refractivity contribution in [2.24, 2.45) is 0 Å². The average Bonchev–Trinajstić information content (AvgIpc) is 1.91. The number of nitriles is 1. The summed E-state index contributed by atoms with van der Waals surface area (Å²) in [6.45, 7) is 8.81. The van der Waals surface area contributed by atoms with Crippen LogP contribution >= 0.6 is 0 Å². The zero-order valence-corrected chi connectivity index (χ0v) is 5.93. The van der Waals surface area contributed by atoms with Gasteiger partial charge in [0, 0.05) is 6.08 Å². The van der Waals surface area contributed by atoms with Gasteiger partial charge in [-0.05, 0) is 6.42 Å². The highest BCUT2D eigenvalue weighted by molar-refractivity contribution is 4.93. The van der Waals surface area contributed by atoms with Crippen LogP contribution in [0.25, 0.3) is 0 Å². The molecular weight excluding hydrogens is 110 g/mol. The molecule has 0 N–H and O–H groups in total. The van der Waals surface area contributed by atoms with Crippen LogP contribution in [0.3, 0.4) is 0 Å². The molecule has 0 aromatic rings. The van der Waals surface area contributed by atoms with Crippen molar-refractivity contribution >= 4 is 0 Å². The van der Waals surface area contributed by atoms with Crippen LogP contribution in [-0.2, 0) is 0 Å². The van der Waals surface area contributed by atoms with Crippen molar-refractivity contribution in [3.63, 3.8) is 0 Å². The third-order valence-electron chi connectivity index (χ3n) is 0.584. The quantitative estimate of drug-likeness (QED) is 0.409. The Hall–Kier alpha value is -1.03. The predicted molar refractivity (Wildman–Crippen MR) is 40.9 cm³/mol. The van der Waals surface area contributed by atoms with Crippen LogP contribution in [0.1, 0.15) is 19.8 Å². The van der Waals surface area contributed by atoms with Crippen molar-refractivity contribution < 1.29 is 0 Å². The third kappa shape index (κ3) is 44.4. The van der Waals surface area contributed by atoms with Crippen molar-refractivity contribution in [3.05, 3.63) is 25.3 Å². The van der Waals surface area contributed by atoms with Gasteiger partial charge in [-0.3, -0.25) is 0 Å². The first-order valence-corrected chi connectivity index (χ1v) is 2.94. The second kappa shape index (κ2) is 15.8. The topological polar surface area (TPSA) is 23.8 Å². The maximum atomic E-state index is 7.51. The summed E-state index contributed by atoms with van der Waals surface area (Å²) >= 11 is 0. The molecule has 0 bridgehead atoms. The highest BCUT2D eigenvalue weighted by Crippen LogP contribution is 1.82. The van der Waals surface area contributed by atoms with Crippen molar-refractivity contribution in [3.8, 4) is 6.07 Å². The molecule has 0 atom stereocenters. The monoisotopic (exact) mass is 123 g/mol. The Morgan fingerprint density at radius 2 is 2.00 bits per heavy atom. The molecule has 1 heteroatoms. The van der Waals surface area contributed by atoms with Gasteiger partial charge in [-0.15, -0.1) is 6.58 Å². The number of rotatable bonds is 2. The summed E-state index contributed by atoms with van der Waals surface area (Å²) in [5, 5.41) is 7.51. The molecule has 0 saturated heterocycles. The molecule has 0 amide bonds. The minimum atomic E-state index is 1.15. The van der Waals surface area contributed by atoms with E-state index in [2.05, 4.69) is 20.1 Å². The van der Waals surface area contributed by atoms with Crippen LogP contribution < -0.4 is 0 Å². The molecule has 0 aliphatic heterocycles. The summed E-state index contributed by atoms with van der Waals surface area (Å²) in [5.41, 5.74) is 0. The van der Waals surface area contributed by atoms with E-state index in [0.717, 1.165) is 6.42 Å². The van der Waals surface area contributed by atoms with Gasteiger partial charge in [0.15, 0.2) is 0 Å². The summed E-state index contributed by atoms with van der Waals surface area (Å²) in [4.78, 5) is 0. The summed E-state index contributed by atoms with van der Waals surface area (Å²) in [7, 11) is 0. The minimum Gasteiger partial charge on any atom is -0.193 e. The first-order valence-electron chi connectivity index (χ1n) is 2.94. The first-order chi connectivity index (χ1) is 4.33. The lowest BCUT2D eigenvalue weighted by atomic mass is 10.3. The van der Waals surface area contributed by atoms with E-state index in [1.165, 1.54) is 12.5 Å². The maximum Gasteiger partial charge on any atom is 0.0905 e. The van der Waals surface area contributed by atoms with E-state index in [1.54, 1.807) is 6.07 Å². The molecule has 0 fully saturated rings. The van der Waals surface area contributed by atoms with Crippen LogP contribution in [0.2, 0.25) is 0 Å². The standard InChI is InChI=1S/C5H10.C3H3N/c1-3-5-4-2;1-2-3-4/h3H,1,4-5H2,2H3;2H,1H2. The fourth-order valence-corrected chi connectivity index (χ4v) is 0.204. The first kappa shape index (κ1) is 10.9. The lowest BCUT2D eigenvalue weighted by Gasteiger charge is -1.72. The van der Waals surface area contributed by atoms with Gasteiger partial charge in [0.1, 0.15) is 0 Å². The Kier molecular flexibility index (Phi) is 19.0. The van der Waals surface area contributed by atoms with Gasteiger partial charge < -0.3 is 0 Å². The Morgan fingerprint density at radius 3 is 2.00 bits per heavy atom. The fourth-order valence-electron chi connectivity index (χ4n) is 0.204. The van der Waals surface area contributed by atoms with Gasteiger partial charge in [0.2, 0.25) is 0 Å². The summed E-state index contributed by atoms with van der Waals surface area (Å²) in [5.74, 6) is 0. The van der Waals surface area contributed by atoms with E-state index >= 15 is 0 Å². The third-order valence-corrected chi connectivity index (χ3v) is 0.584. The van der Waals surface area contributed by atoms with Gasteiger partial charge in [-0.25, -0.2) is 0 Å². The van der Waals surface area contributed by atoms with E-state index in [1.807, 2.05) is 6.08 Å². The second-order valence-electron chi connectivity index (χ2n) is 1.41. The van der Waals surface area contributed by atoms with Crippen molar-refractivity contribution in [1.29, 1.82) is 5.26 Å². The lowest BCUT2D eigenvalue weighted by Crippen LogP contribution is -1.52. The minimum absolute atomic E-state index is 1.15. The SMILES string of the molecule is C=CC#N.C=CCCC. The molecule has 0 aromatic heterocycles. The van der Waals surface area contributed by atoms with Crippen LogP contribution in [0, 0.1) is 11.3 Å². The molecule has 50 valence electrons. The summed E-state index contributed by atoms with van der Waals surface area (Å²) in [6.07, 6.45) is 5.49. The van der Waals surface area contributed by atoms with Crippen LogP contribution in [-0.4, -0.2) is 0 Å². The van der Waals surface area contributed by atoms with E-state index in [9.17, 15) is 0 Å². The van der Waals surface area contributed by atoms with E-state index in [4.69, 9.17) is 5.26 Å². The van der Waals surface area contributed by atoms with E-state index < -0.39 is 0 Å². The van der Waals surface area contributed by atoms with Crippen molar-refractivity contribution in [2.75, 3.05) is 0 Å². The van der Waals surface area contributed by atoms with Gasteiger partial charge in [0.25, 0.3) is 0 Å². The van der Waals surface area contributed by atoms with Gasteiger partial charge in [0.05, 0.1) is 6.07 Å². The molecule has 0 aliphatic carbocycles. The number of nitrogens with zero attached hydrogens (tertiary/aromatic N) is 1. The maximum absolute atomic E-state index is 7.51. The van der Waals surface area contributed by atoms with Crippen LogP contribution in [0.4, 0.5) is 0 Å². The average molecular weight is 123 g/mol. The molecule has 0 aliphatic rings. The molecule has 0 radical (unpaired) electrons. The number of allylic oxidation sites excluding steroid dienone is 2. The van der Waals surface area contributed by atoms with Crippen molar-refractivity contribution in [1.82, 2.24) is 0 Å². The van der Waals surface area contributed by atoms with E-state index in [0.29, 0.717) is 0 Å². The predicted octanol–water partition coefficient (Wildman–Crippen LogP) is 2.67. The zero-order chi connectivity index (χ0) is 7.54. The molecule has 1 nitrogen and oxygen atoms in total. The molecule has 0 aromatic carbocycles. The summed E-state index contributed by atoms with van der Waals surface area (Å²) < 4.78 is 0. The normalized spacial score (nSPS) is 5.78. The largest absolute Gasteiger partial charge is 0.193 e. The number of hydrogen-bond donors (Lipinski definition) is 0. The Bertz CT molecular complexity index is 97.6. The van der Waals surface area contributed by atoms with Gasteiger partial charge in [-0.1, -0.05) is 26.0 Å². The number of unbranched alkanes of at least 4 members (excludes halogenated alkanes) is 1. The molecule has 0 rings (SSSR count). The highest BCUT2D eigenvalue weighted by Gasteiger charge is 1.61. The van der Waals surface area contributed by atoms with Crippen molar-refractivity contribution in [2.45, 2.75) is 19.8 Å². The number of hydrogen-bond acceptors (Lipinski definition) is 1. The highest BCUT2D eigenvalue weighted by atomic mass is 14.2. The Balaban J connectivity index is 0. The molecule has 0 unspecified atom stereocenters. The lowest BCUT2D eigenvalue weighted by molar-refractivity contribution is 0.961. The van der Waals surface area contributed by atoms with Crippen LogP contribution in [0.15, 0.2) is 25.3 Å². The second-order valence-corrected chi connectivity index (χ2v) is 1.41. The van der Waals surface area contributed by atoms with Gasteiger partial charge >= 0.3 is 0 Å². The molecule has 0 heterocycles. The molecular formula is C8H13N. The molecule has 9 heavy (non-hydrogen) atoms.